The van der Waals surface area contributed by atoms with Crippen molar-refractivity contribution in [2.75, 3.05) is 59.0 Å². The molecule has 1 aromatic rings. The molecule has 0 atom stereocenters. The molecule has 7 nitrogen and oxygen atoms in total. The van der Waals surface area contributed by atoms with E-state index in [1.165, 1.54) is 12.1 Å². The topological polar surface area (TPSA) is 73.9 Å². The fourth-order valence-corrected chi connectivity index (χ4v) is 2.74. The van der Waals surface area contributed by atoms with Gasteiger partial charge in [-0.1, -0.05) is 6.07 Å². The maximum absolute atomic E-state index is 13.0. The van der Waals surface area contributed by atoms with Gasteiger partial charge in [0.05, 0.1) is 19.6 Å². The van der Waals surface area contributed by atoms with Gasteiger partial charge < -0.3 is 15.4 Å². The summed E-state index contributed by atoms with van der Waals surface area (Å²) in [5.74, 6) is 0.0716. The van der Waals surface area contributed by atoms with E-state index in [1.54, 1.807) is 12.1 Å². The third kappa shape index (κ3) is 7.37. The second kappa shape index (κ2) is 10.7. The lowest BCUT2D eigenvalue weighted by atomic mass is 10.3. The highest BCUT2D eigenvalue weighted by Crippen LogP contribution is 2.11. The van der Waals surface area contributed by atoms with Crippen molar-refractivity contribution in [2.45, 2.75) is 6.92 Å². The first kappa shape index (κ1) is 20.1. The van der Waals surface area contributed by atoms with Crippen molar-refractivity contribution in [3.05, 3.63) is 30.1 Å². The van der Waals surface area contributed by atoms with Crippen molar-refractivity contribution in [1.29, 1.82) is 0 Å². The minimum absolute atomic E-state index is 0.0389. The fraction of sp³-hybridized carbons (Fsp3) is 0.556. The summed E-state index contributed by atoms with van der Waals surface area (Å²) >= 11 is 0. The predicted molar refractivity (Wildman–Crippen MR) is 96.5 cm³/mol. The molecular weight excluding hydrogens is 339 g/mol. The number of hydrogen-bond donors (Lipinski definition) is 2. The van der Waals surface area contributed by atoms with Crippen LogP contribution in [-0.2, 0) is 9.59 Å². The molecule has 2 amide bonds. The molecule has 0 spiro atoms. The largest absolute Gasteiger partial charge is 0.492 e. The Labute approximate surface area is 153 Å². The van der Waals surface area contributed by atoms with Gasteiger partial charge in [-0.3, -0.25) is 19.4 Å². The van der Waals surface area contributed by atoms with Crippen LogP contribution in [0.5, 0.6) is 5.75 Å². The molecule has 2 rings (SSSR count). The summed E-state index contributed by atoms with van der Waals surface area (Å²) < 4.78 is 18.4. The van der Waals surface area contributed by atoms with Gasteiger partial charge in [0.15, 0.2) is 0 Å². The van der Waals surface area contributed by atoms with Gasteiger partial charge in [-0.15, -0.1) is 0 Å². The van der Waals surface area contributed by atoms with Gasteiger partial charge in [0.2, 0.25) is 11.8 Å². The maximum Gasteiger partial charge on any atom is 0.234 e. The van der Waals surface area contributed by atoms with Gasteiger partial charge in [0, 0.05) is 38.8 Å². The molecule has 1 aliphatic rings. The number of amides is 2. The summed E-state index contributed by atoms with van der Waals surface area (Å²) in [6.45, 7) is 6.99. The van der Waals surface area contributed by atoms with Crippen LogP contribution in [-0.4, -0.2) is 80.6 Å². The van der Waals surface area contributed by atoms with Gasteiger partial charge in [-0.25, -0.2) is 4.39 Å². The first-order valence-corrected chi connectivity index (χ1v) is 8.93. The molecule has 2 N–H and O–H groups in total. The number of carbonyl (C=O) groups excluding carboxylic acids is 2. The highest BCUT2D eigenvalue weighted by Gasteiger charge is 2.20. The third-order valence-electron chi connectivity index (χ3n) is 4.06. The number of hydrogen-bond acceptors (Lipinski definition) is 5. The fourth-order valence-electron chi connectivity index (χ4n) is 2.74. The van der Waals surface area contributed by atoms with Gasteiger partial charge in [0.25, 0.3) is 0 Å². The Hall–Kier alpha value is -2.19. The Bertz CT molecular complexity index is 592. The van der Waals surface area contributed by atoms with Crippen LogP contribution in [0.2, 0.25) is 0 Å². The highest BCUT2D eigenvalue weighted by atomic mass is 19.1. The molecule has 1 aliphatic heterocycles. The maximum atomic E-state index is 13.0. The van der Waals surface area contributed by atoms with Crippen LogP contribution >= 0.6 is 0 Å². The molecule has 26 heavy (non-hydrogen) atoms. The number of carbonyl (C=O) groups is 2. The number of benzene rings is 1. The van der Waals surface area contributed by atoms with Crippen molar-refractivity contribution < 1.29 is 18.7 Å². The van der Waals surface area contributed by atoms with E-state index < -0.39 is 0 Å². The SMILES string of the molecule is CCNC(=O)CN1CCN(CC(=O)NCCOc2cccc(F)c2)CC1. The van der Waals surface area contributed by atoms with E-state index in [1.807, 2.05) is 6.92 Å². The Kier molecular flexibility index (Phi) is 8.30. The summed E-state index contributed by atoms with van der Waals surface area (Å²) in [5.41, 5.74) is 0. The third-order valence-corrected chi connectivity index (χ3v) is 4.06. The minimum Gasteiger partial charge on any atom is -0.492 e. The zero-order valence-corrected chi connectivity index (χ0v) is 15.2. The molecule has 1 aromatic carbocycles. The Morgan fingerprint density at radius 3 is 2.27 bits per heavy atom. The summed E-state index contributed by atoms with van der Waals surface area (Å²) in [6, 6.07) is 5.91. The molecule has 1 saturated heterocycles. The number of nitrogens with zero attached hydrogens (tertiary/aromatic N) is 2. The summed E-state index contributed by atoms with van der Waals surface area (Å²) in [4.78, 5) is 27.7. The highest BCUT2D eigenvalue weighted by molar-refractivity contribution is 5.78. The molecule has 144 valence electrons. The van der Waals surface area contributed by atoms with Crippen molar-refractivity contribution in [1.82, 2.24) is 20.4 Å². The molecule has 0 aromatic heterocycles. The molecule has 0 aliphatic carbocycles. The molecular formula is C18H27FN4O3. The van der Waals surface area contributed by atoms with Crippen LogP contribution in [0.3, 0.4) is 0 Å². The van der Waals surface area contributed by atoms with Gasteiger partial charge in [0.1, 0.15) is 18.2 Å². The van der Waals surface area contributed by atoms with Crippen LogP contribution in [0, 0.1) is 5.82 Å². The van der Waals surface area contributed by atoms with Gasteiger partial charge in [-0.05, 0) is 19.1 Å². The Balaban J connectivity index is 1.57. The monoisotopic (exact) mass is 366 g/mol. The average Bonchev–Trinajstić information content (AvgIpc) is 2.61. The van der Waals surface area contributed by atoms with Crippen molar-refractivity contribution in [2.24, 2.45) is 0 Å². The number of rotatable bonds is 9. The van der Waals surface area contributed by atoms with Crippen molar-refractivity contribution in [3.63, 3.8) is 0 Å². The second-order valence-corrected chi connectivity index (χ2v) is 6.16. The first-order valence-electron chi connectivity index (χ1n) is 8.93. The lowest BCUT2D eigenvalue weighted by molar-refractivity contribution is -0.125. The molecule has 0 bridgehead atoms. The van der Waals surface area contributed by atoms with Gasteiger partial charge in [-0.2, -0.15) is 0 Å². The molecule has 0 unspecified atom stereocenters. The molecule has 8 heteroatoms. The molecule has 0 saturated carbocycles. The van der Waals surface area contributed by atoms with E-state index in [9.17, 15) is 14.0 Å². The normalized spacial score (nSPS) is 15.5. The zero-order chi connectivity index (χ0) is 18.8. The van der Waals surface area contributed by atoms with Crippen LogP contribution < -0.4 is 15.4 Å². The smallest absolute Gasteiger partial charge is 0.234 e. The van der Waals surface area contributed by atoms with E-state index >= 15 is 0 Å². The van der Waals surface area contributed by atoms with Crippen molar-refractivity contribution in [3.8, 4) is 5.75 Å². The van der Waals surface area contributed by atoms with E-state index in [-0.39, 0.29) is 24.2 Å². The van der Waals surface area contributed by atoms with E-state index in [4.69, 9.17) is 4.74 Å². The number of halogens is 1. The number of likely N-dealkylation sites (N-methyl/N-ethyl adjacent to an activating group) is 1. The predicted octanol–water partition coefficient (Wildman–Crippen LogP) is 0.0744. The average molecular weight is 366 g/mol. The van der Waals surface area contributed by atoms with E-state index in [0.717, 1.165) is 26.2 Å². The molecule has 0 radical (unpaired) electrons. The number of nitrogens with one attached hydrogen (secondary N) is 2. The van der Waals surface area contributed by atoms with Crippen molar-refractivity contribution >= 4 is 11.8 Å². The first-order chi connectivity index (χ1) is 12.6. The lowest BCUT2D eigenvalue weighted by Gasteiger charge is -2.33. The Morgan fingerprint density at radius 2 is 1.69 bits per heavy atom. The standard InChI is InChI=1S/C18H27FN4O3/c1-2-20-17(24)13-22-7-9-23(10-8-22)14-18(25)21-6-11-26-16-5-3-4-15(19)12-16/h3-5,12H,2,6-11,13-14H2,1H3,(H,20,24)(H,21,25). The van der Waals surface area contributed by atoms with Crippen LogP contribution in [0.1, 0.15) is 6.92 Å². The number of piperazine rings is 1. The Morgan fingerprint density at radius 1 is 1.08 bits per heavy atom. The van der Waals surface area contributed by atoms with Crippen LogP contribution in [0.4, 0.5) is 4.39 Å². The minimum atomic E-state index is -0.349. The number of ether oxygens (including phenoxy) is 1. The van der Waals surface area contributed by atoms with Crippen LogP contribution in [0.15, 0.2) is 24.3 Å². The molecule has 1 heterocycles. The lowest BCUT2D eigenvalue weighted by Crippen LogP contribution is -2.51. The summed E-state index contributed by atoms with van der Waals surface area (Å²) in [6.07, 6.45) is 0. The van der Waals surface area contributed by atoms with Crippen LogP contribution in [0.25, 0.3) is 0 Å². The quantitative estimate of drug-likeness (QED) is 0.606. The summed E-state index contributed by atoms with van der Waals surface area (Å²) in [7, 11) is 0. The summed E-state index contributed by atoms with van der Waals surface area (Å²) in [5, 5.41) is 5.59. The molecule has 1 fully saturated rings. The van der Waals surface area contributed by atoms with E-state index in [0.29, 0.717) is 31.9 Å². The zero-order valence-electron chi connectivity index (χ0n) is 15.2. The second-order valence-electron chi connectivity index (χ2n) is 6.16. The van der Waals surface area contributed by atoms with Gasteiger partial charge >= 0.3 is 0 Å². The van der Waals surface area contributed by atoms with E-state index in [2.05, 4.69) is 20.4 Å².